The summed E-state index contributed by atoms with van der Waals surface area (Å²) in [6, 6.07) is 17.5. The maximum absolute atomic E-state index is 13.1. The van der Waals surface area contributed by atoms with E-state index in [4.69, 9.17) is 5.26 Å². The van der Waals surface area contributed by atoms with Gasteiger partial charge in [0.2, 0.25) is 5.91 Å². The van der Waals surface area contributed by atoms with Gasteiger partial charge in [-0.15, -0.1) is 0 Å². The van der Waals surface area contributed by atoms with Crippen molar-refractivity contribution in [2.75, 3.05) is 11.4 Å². The first-order valence-electron chi connectivity index (χ1n) is 8.79. The largest absolute Gasteiger partial charge is 0.333 e. The Balaban J connectivity index is 1.72. The molecule has 0 spiro atoms. The minimum absolute atomic E-state index is 0.0915. The van der Waals surface area contributed by atoms with Crippen LogP contribution >= 0.6 is 11.8 Å². The summed E-state index contributed by atoms with van der Waals surface area (Å²) in [7, 11) is 0. The van der Waals surface area contributed by atoms with Crippen LogP contribution in [-0.4, -0.2) is 27.7 Å². The van der Waals surface area contributed by atoms with Crippen molar-refractivity contribution in [3.05, 3.63) is 66.6 Å². The summed E-state index contributed by atoms with van der Waals surface area (Å²) in [5.41, 5.74) is 2.34. The van der Waals surface area contributed by atoms with Crippen molar-refractivity contribution in [1.29, 1.82) is 5.26 Å². The van der Waals surface area contributed by atoms with E-state index in [2.05, 4.69) is 16.0 Å². The number of amides is 1. The lowest BCUT2D eigenvalue weighted by Crippen LogP contribution is -2.37. The molecule has 0 saturated carbocycles. The van der Waals surface area contributed by atoms with Crippen LogP contribution in [0.5, 0.6) is 0 Å². The van der Waals surface area contributed by atoms with Crippen LogP contribution < -0.4 is 4.90 Å². The number of nitrogens with zero attached hydrogens (tertiary/aromatic N) is 3. The fourth-order valence-electron chi connectivity index (χ4n) is 2.71. The van der Waals surface area contributed by atoms with Crippen molar-refractivity contribution in [1.82, 2.24) is 9.97 Å². The van der Waals surface area contributed by atoms with Gasteiger partial charge in [-0.1, -0.05) is 30.0 Å². The number of anilines is 1. The molecule has 0 aliphatic rings. The van der Waals surface area contributed by atoms with Gasteiger partial charge in [0.1, 0.15) is 5.82 Å². The zero-order valence-electron chi connectivity index (χ0n) is 15.3. The van der Waals surface area contributed by atoms with E-state index < -0.39 is 5.25 Å². The summed E-state index contributed by atoms with van der Waals surface area (Å²) >= 11 is 1.31. The zero-order valence-corrected chi connectivity index (χ0v) is 16.1. The van der Waals surface area contributed by atoms with E-state index >= 15 is 0 Å². The van der Waals surface area contributed by atoms with Crippen LogP contribution in [0.25, 0.3) is 11.3 Å². The molecule has 1 atom stereocenters. The number of benzene rings is 2. The molecule has 0 aliphatic carbocycles. The van der Waals surface area contributed by atoms with Gasteiger partial charge >= 0.3 is 0 Å². The molecule has 0 fully saturated rings. The van der Waals surface area contributed by atoms with E-state index in [1.807, 2.05) is 37.3 Å². The lowest BCUT2D eigenvalue weighted by atomic mass is 10.2. The molecule has 142 valence electrons. The van der Waals surface area contributed by atoms with Gasteiger partial charge in [0.15, 0.2) is 5.16 Å². The van der Waals surface area contributed by atoms with E-state index in [0.29, 0.717) is 11.7 Å². The van der Waals surface area contributed by atoms with Crippen LogP contribution in [0.4, 0.5) is 10.1 Å². The SMILES string of the molecule is CC(Sc1ncc(-c2ccc(F)cc2)[nH]1)C(=O)N(CCC#N)c1ccccc1. The van der Waals surface area contributed by atoms with E-state index in [-0.39, 0.29) is 18.1 Å². The maximum atomic E-state index is 13.1. The summed E-state index contributed by atoms with van der Waals surface area (Å²) in [5.74, 6) is -0.387. The molecule has 1 unspecified atom stereocenters. The number of nitrogens with one attached hydrogen (secondary N) is 1. The maximum Gasteiger partial charge on any atom is 0.240 e. The Morgan fingerprint density at radius 3 is 2.64 bits per heavy atom. The number of hydrogen-bond acceptors (Lipinski definition) is 4. The Labute approximate surface area is 167 Å². The third-order valence-corrected chi connectivity index (χ3v) is 5.11. The van der Waals surface area contributed by atoms with Gasteiger partial charge in [0.05, 0.1) is 29.6 Å². The zero-order chi connectivity index (χ0) is 19.9. The van der Waals surface area contributed by atoms with Crippen LogP contribution in [0.3, 0.4) is 0 Å². The van der Waals surface area contributed by atoms with Gasteiger partial charge in [-0.05, 0) is 48.9 Å². The van der Waals surface area contributed by atoms with Crippen LogP contribution in [-0.2, 0) is 4.79 Å². The van der Waals surface area contributed by atoms with Gasteiger partial charge in [-0.2, -0.15) is 5.26 Å². The van der Waals surface area contributed by atoms with E-state index in [1.165, 1.54) is 23.9 Å². The highest BCUT2D eigenvalue weighted by atomic mass is 32.2. The predicted molar refractivity (Wildman–Crippen MR) is 108 cm³/mol. The molecule has 0 bridgehead atoms. The molecule has 0 aliphatic heterocycles. The third kappa shape index (κ3) is 4.78. The van der Waals surface area contributed by atoms with E-state index in [9.17, 15) is 9.18 Å². The number of aromatic amines is 1. The Bertz CT molecular complexity index is 966. The quantitative estimate of drug-likeness (QED) is 0.593. The molecule has 2 aromatic carbocycles. The summed E-state index contributed by atoms with van der Waals surface area (Å²) in [5, 5.41) is 9.12. The number of carbonyl (C=O) groups excluding carboxylic acids is 1. The topological polar surface area (TPSA) is 72.8 Å². The highest BCUT2D eigenvalue weighted by Crippen LogP contribution is 2.27. The predicted octanol–water partition coefficient (Wildman–Crippen LogP) is 4.64. The number of rotatable bonds is 7. The number of para-hydroxylation sites is 1. The number of thioether (sulfide) groups is 1. The first-order valence-corrected chi connectivity index (χ1v) is 9.67. The van der Waals surface area contributed by atoms with Gasteiger partial charge in [-0.25, -0.2) is 9.37 Å². The van der Waals surface area contributed by atoms with Crippen LogP contribution in [0, 0.1) is 17.1 Å². The lowest BCUT2D eigenvalue weighted by Gasteiger charge is -2.24. The Kier molecular flexibility index (Phi) is 6.45. The summed E-state index contributed by atoms with van der Waals surface area (Å²) in [6.07, 6.45) is 1.92. The second-order valence-electron chi connectivity index (χ2n) is 6.10. The number of H-pyrrole nitrogens is 1. The molecular formula is C21H19FN4OS. The fourth-order valence-corrected chi connectivity index (χ4v) is 3.56. The molecule has 1 amide bonds. The number of nitriles is 1. The monoisotopic (exact) mass is 394 g/mol. The van der Waals surface area contributed by atoms with Crippen molar-refractivity contribution in [3.8, 4) is 17.3 Å². The molecule has 7 heteroatoms. The molecule has 1 N–H and O–H groups in total. The number of aromatic nitrogens is 2. The number of halogens is 1. The van der Waals surface area contributed by atoms with Crippen molar-refractivity contribution >= 4 is 23.4 Å². The smallest absolute Gasteiger partial charge is 0.240 e. The Morgan fingerprint density at radius 1 is 1.25 bits per heavy atom. The minimum atomic E-state index is -0.397. The highest BCUT2D eigenvalue weighted by Gasteiger charge is 2.23. The molecule has 3 rings (SSSR count). The first kappa shape index (κ1) is 19.6. The second-order valence-corrected chi connectivity index (χ2v) is 7.43. The number of imidazole rings is 1. The van der Waals surface area contributed by atoms with E-state index in [0.717, 1.165) is 16.9 Å². The van der Waals surface area contributed by atoms with Crippen molar-refractivity contribution in [2.24, 2.45) is 0 Å². The van der Waals surface area contributed by atoms with Crippen molar-refractivity contribution in [2.45, 2.75) is 23.8 Å². The summed E-state index contributed by atoms with van der Waals surface area (Å²) in [4.78, 5) is 22.1. The molecule has 1 heterocycles. The fraction of sp³-hybridized carbons (Fsp3) is 0.190. The van der Waals surface area contributed by atoms with Crippen molar-refractivity contribution < 1.29 is 9.18 Å². The average Bonchev–Trinajstić information content (AvgIpc) is 3.18. The second kappa shape index (κ2) is 9.20. The molecular weight excluding hydrogens is 375 g/mol. The highest BCUT2D eigenvalue weighted by molar-refractivity contribution is 8.00. The summed E-state index contributed by atoms with van der Waals surface area (Å²) in [6.45, 7) is 2.15. The van der Waals surface area contributed by atoms with Gasteiger partial charge in [0.25, 0.3) is 0 Å². The van der Waals surface area contributed by atoms with Gasteiger partial charge < -0.3 is 9.88 Å². The van der Waals surface area contributed by atoms with Crippen LogP contribution in [0.2, 0.25) is 0 Å². The van der Waals surface area contributed by atoms with E-state index in [1.54, 1.807) is 23.2 Å². The molecule has 28 heavy (non-hydrogen) atoms. The van der Waals surface area contributed by atoms with Crippen LogP contribution in [0.15, 0.2) is 66.0 Å². The normalized spacial score (nSPS) is 11.6. The Morgan fingerprint density at radius 2 is 1.96 bits per heavy atom. The van der Waals surface area contributed by atoms with Crippen molar-refractivity contribution in [3.63, 3.8) is 0 Å². The molecule has 5 nitrogen and oxygen atoms in total. The lowest BCUT2D eigenvalue weighted by molar-refractivity contribution is -0.117. The Hall–Kier alpha value is -3.11. The average molecular weight is 394 g/mol. The molecule has 0 radical (unpaired) electrons. The number of carbonyl (C=O) groups is 1. The molecule has 0 saturated heterocycles. The molecule has 1 aromatic heterocycles. The number of hydrogen-bond donors (Lipinski definition) is 1. The van der Waals surface area contributed by atoms with Crippen LogP contribution in [0.1, 0.15) is 13.3 Å². The standard InChI is InChI=1S/C21H19FN4OS/c1-15(20(27)26(13-5-12-23)18-6-3-2-4-7-18)28-21-24-14-19(25-21)16-8-10-17(22)11-9-16/h2-4,6-11,14-15H,5,13H2,1H3,(H,24,25). The van der Waals surface area contributed by atoms with Gasteiger partial charge in [0, 0.05) is 12.2 Å². The summed E-state index contributed by atoms with van der Waals surface area (Å²) < 4.78 is 13.1. The first-order chi connectivity index (χ1) is 13.6. The minimum Gasteiger partial charge on any atom is -0.333 e. The molecule has 3 aromatic rings. The third-order valence-electron chi connectivity index (χ3n) is 4.13. The van der Waals surface area contributed by atoms with Gasteiger partial charge in [-0.3, -0.25) is 4.79 Å².